The molecule has 0 aliphatic carbocycles. The van der Waals surface area contributed by atoms with Crippen LogP contribution in [0.3, 0.4) is 0 Å². The number of azo groups is 1. The molecule has 0 aromatic heterocycles. The molecule has 0 saturated heterocycles. The van der Waals surface area contributed by atoms with E-state index in [2.05, 4.69) is 20.2 Å². The normalized spacial score (nSPS) is 16.4. The number of carbonyl (C=O) groups excluding carboxylic acids is 1. The van der Waals surface area contributed by atoms with E-state index in [0.717, 1.165) is 5.01 Å². The summed E-state index contributed by atoms with van der Waals surface area (Å²) in [5, 5.41) is 18.2. The molecule has 1 atom stereocenters. The molecule has 0 radical (unpaired) electrons. The van der Waals surface area contributed by atoms with Crippen molar-refractivity contribution in [2.24, 2.45) is 20.5 Å². The van der Waals surface area contributed by atoms with Gasteiger partial charge in [-0.3, -0.25) is 4.79 Å². The highest BCUT2D eigenvalue weighted by Gasteiger charge is 2.40. The van der Waals surface area contributed by atoms with E-state index in [-0.39, 0.29) is 35.4 Å². The molecule has 12 heteroatoms. The summed E-state index contributed by atoms with van der Waals surface area (Å²) in [4.78, 5) is 15.7. The van der Waals surface area contributed by atoms with Crippen LogP contribution in [-0.4, -0.2) is 46.5 Å². The molecule has 1 aliphatic heterocycles. The molecule has 0 bridgehead atoms. The van der Waals surface area contributed by atoms with Gasteiger partial charge >= 0.3 is 5.84 Å². The number of hydrogen-bond donors (Lipinski definition) is 1. The van der Waals surface area contributed by atoms with E-state index in [0.29, 0.717) is 5.69 Å². The van der Waals surface area contributed by atoms with Crippen LogP contribution in [0.5, 0.6) is 5.75 Å². The first-order valence-corrected chi connectivity index (χ1v) is 10.4. The maximum absolute atomic E-state index is 12.7. The number of primary sulfonamides is 1. The summed E-state index contributed by atoms with van der Waals surface area (Å²) < 4.78 is 34.1. The highest BCUT2D eigenvalue weighted by molar-refractivity contribution is 7.89. The van der Waals surface area contributed by atoms with Gasteiger partial charge < -0.3 is 14.3 Å². The third-order valence-corrected chi connectivity index (χ3v) is 5.00. The maximum Gasteiger partial charge on any atom is 0.307 e. The number of carbonyl (C=O) groups is 1. The molecule has 160 valence electrons. The third kappa shape index (κ3) is 5.10. The second kappa shape index (κ2) is 9.43. The summed E-state index contributed by atoms with van der Waals surface area (Å²) in [5.41, 5.74) is 0.596. The molecular formula is C19H18N6O5S. The molecule has 2 N–H and O–H groups in total. The van der Waals surface area contributed by atoms with Crippen LogP contribution in [0.25, 0.3) is 4.85 Å². The van der Waals surface area contributed by atoms with Gasteiger partial charge in [0.2, 0.25) is 16.1 Å². The molecule has 1 unspecified atom stereocenters. The molecule has 0 saturated carbocycles. The smallest absolute Gasteiger partial charge is 0.307 e. The molecule has 1 aliphatic rings. The number of para-hydroxylation sites is 1. The summed E-state index contributed by atoms with van der Waals surface area (Å²) in [7, 11) is -2.63. The predicted octanol–water partition coefficient (Wildman–Crippen LogP) is 2.09. The van der Waals surface area contributed by atoms with Crippen molar-refractivity contribution in [3.63, 3.8) is 0 Å². The first-order chi connectivity index (χ1) is 14.8. The Kier molecular flexibility index (Phi) is 6.71. The minimum absolute atomic E-state index is 0.0362. The minimum Gasteiger partial charge on any atom is -0.490 e. The number of methoxy groups -OCH3 is 1. The molecule has 0 spiro atoms. The van der Waals surface area contributed by atoms with E-state index in [4.69, 9.17) is 21.2 Å². The van der Waals surface area contributed by atoms with Crippen LogP contribution in [0, 0.1) is 6.57 Å². The van der Waals surface area contributed by atoms with Gasteiger partial charge in [0.15, 0.2) is 0 Å². The zero-order valence-electron chi connectivity index (χ0n) is 16.4. The van der Waals surface area contributed by atoms with Crippen LogP contribution >= 0.6 is 0 Å². The lowest BCUT2D eigenvalue weighted by Gasteiger charge is -2.10. The van der Waals surface area contributed by atoms with Gasteiger partial charge in [0.25, 0.3) is 5.91 Å². The van der Waals surface area contributed by atoms with Gasteiger partial charge in [-0.25, -0.2) is 13.6 Å². The number of hydrogen-bond acceptors (Lipinski definition) is 8. The van der Waals surface area contributed by atoms with Gasteiger partial charge in [0.1, 0.15) is 17.3 Å². The Morgan fingerprint density at radius 2 is 1.97 bits per heavy atom. The SMILES string of the molecule is [C-]#[N+]C1=NN(c2ccccc2)C(=O)C1N=Nc1ccc(OCCOC)c(S(N)(=O)=O)c1. The van der Waals surface area contributed by atoms with Crippen molar-refractivity contribution in [2.75, 3.05) is 25.3 Å². The highest BCUT2D eigenvalue weighted by atomic mass is 32.2. The van der Waals surface area contributed by atoms with Crippen molar-refractivity contribution in [3.8, 4) is 5.75 Å². The summed E-state index contributed by atoms with van der Waals surface area (Å²) >= 11 is 0. The summed E-state index contributed by atoms with van der Waals surface area (Å²) in [6.45, 7) is 7.65. The molecule has 1 amide bonds. The monoisotopic (exact) mass is 442 g/mol. The van der Waals surface area contributed by atoms with Crippen LogP contribution < -0.4 is 14.9 Å². The van der Waals surface area contributed by atoms with Crippen LogP contribution in [-0.2, 0) is 19.6 Å². The number of amides is 1. The first-order valence-electron chi connectivity index (χ1n) is 8.89. The van der Waals surface area contributed by atoms with Gasteiger partial charge in [0.05, 0.1) is 18.0 Å². The third-order valence-electron chi connectivity index (χ3n) is 4.07. The number of hydrazone groups is 1. The second-order valence-electron chi connectivity index (χ2n) is 6.19. The molecular weight excluding hydrogens is 424 g/mol. The zero-order valence-corrected chi connectivity index (χ0v) is 17.2. The molecule has 1 heterocycles. The largest absolute Gasteiger partial charge is 0.490 e. The molecule has 2 aromatic carbocycles. The summed E-state index contributed by atoms with van der Waals surface area (Å²) in [6.07, 6.45) is 0. The van der Waals surface area contributed by atoms with E-state index in [9.17, 15) is 13.2 Å². The van der Waals surface area contributed by atoms with Gasteiger partial charge in [0, 0.05) is 7.11 Å². The Bertz CT molecular complexity index is 1170. The lowest BCUT2D eigenvalue weighted by atomic mass is 10.2. The molecule has 0 fully saturated rings. The van der Waals surface area contributed by atoms with Crippen molar-refractivity contribution >= 4 is 33.1 Å². The lowest BCUT2D eigenvalue weighted by Crippen LogP contribution is -2.29. The standard InChI is InChI=1S/C19H18N6O5S/c1-21-18-17(19(26)25(24-18)14-6-4-3-5-7-14)23-22-13-8-9-15(30-11-10-29-2)16(12-13)31(20,27)28/h3-9,12,17H,10-11H2,2H3,(H2,20,27,28). The predicted molar refractivity (Wildman–Crippen MR) is 111 cm³/mol. The fourth-order valence-corrected chi connectivity index (χ4v) is 3.32. The Hall–Kier alpha value is -3.66. The molecule has 3 rings (SSSR count). The minimum atomic E-state index is -4.12. The molecule has 31 heavy (non-hydrogen) atoms. The summed E-state index contributed by atoms with van der Waals surface area (Å²) in [6, 6.07) is 11.3. The van der Waals surface area contributed by atoms with E-state index in [1.165, 1.54) is 25.3 Å². The molecule has 11 nitrogen and oxygen atoms in total. The van der Waals surface area contributed by atoms with Crippen molar-refractivity contribution < 1.29 is 22.7 Å². The second-order valence-corrected chi connectivity index (χ2v) is 7.72. The Morgan fingerprint density at radius 1 is 1.23 bits per heavy atom. The highest BCUT2D eigenvalue weighted by Crippen LogP contribution is 2.29. The van der Waals surface area contributed by atoms with Crippen LogP contribution in [0.4, 0.5) is 11.4 Å². The number of sulfonamides is 1. The number of anilines is 1. The number of nitrogens with two attached hydrogens (primary N) is 1. The Balaban J connectivity index is 1.86. The quantitative estimate of drug-likeness (QED) is 0.379. The molecule has 2 aromatic rings. The van der Waals surface area contributed by atoms with Crippen molar-refractivity contribution in [1.29, 1.82) is 0 Å². The number of benzene rings is 2. The number of amidine groups is 1. The fourth-order valence-electron chi connectivity index (χ4n) is 2.63. The summed E-state index contributed by atoms with van der Waals surface area (Å²) in [5.74, 6) is -0.662. The van der Waals surface area contributed by atoms with Gasteiger partial charge in [-0.05, 0) is 35.4 Å². The Morgan fingerprint density at radius 3 is 2.61 bits per heavy atom. The van der Waals surface area contributed by atoms with Crippen molar-refractivity contribution in [1.82, 2.24) is 0 Å². The average molecular weight is 442 g/mol. The van der Waals surface area contributed by atoms with E-state index in [1.807, 2.05) is 0 Å². The van der Waals surface area contributed by atoms with Gasteiger partial charge in [-0.2, -0.15) is 10.2 Å². The van der Waals surface area contributed by atoms with Crippen molar-refractivity contribution in [2.45, 2.75) is 10.9 Å². The zero-order chi connectivity index (χ0) is 22.4. The van der Waals surface area contributed by atoms with Crippen LogP contribution in [0.1, 0.15) is 0 Å². The average Bonchev–Trinajstić information content (AvgIpc) is 3.08. The first kappa shape index (κ1) is 22.0. The van der Waals surface area contributed by atoms with E-state index in [1.54, 1.807) is 30.3 Å². The number of ether oxygens (including phenoxy) is 2. The van der Waals surface area contributed by atoms with Crippen LogP contribution in [0.2, 0.25) is 0 Å². The van der Waals surface area contributed by atoms with Gasteiger partial charge in [-0.15, -0.1) is 5.01 Å². The van der Waals surface area contributed by atoms with E-state index < -0.39 is 22.0 Å². The maximum atomic E-state index is 12.7. The van der Waals surface area contributed by atoms with Crippen molar-refractivity contribution in [3.05, 3.63) is 59.9 Å². The number of nitrogens with zero attached hydrogens (tertiary/aromatic N) is 5. The van der Waals surface area contributed by atoms with Gasteiger partial charge in [-0.1, -0.05) is 24.8 Å². The topological polar surface area (TPSA) is 140 Å². The fraction of sp³-hybridized carbons (Fsp3) is 0.211. The Labute approximate surface area is 178 Å². The van der Waals surface area contributed by atoms with E-state index >= 15 is 0 Å². The number of rotatable bonds is 8. The van der Waals surface area contributed by atoms with Crippen LogP contribution in [0.15, 0.2) is 68.8 Å². The lowest BCUT2D eigenvalue weighted by molar-refractivity contribution is -0.117.